The van der Waals surface area contributed by atoms with Crippen LogP contribution in [0.2, 0.25) is 0 Å². The number of hydrogen-bond acceptors (Lipinski definition) is 4. The van der Waals surface area contributed by atoms with Gasteiger partial charge in [0.25, 0.3) is 0 Å². The number of carbonyl (C=O) groups excluding carboxylic acids is 1. The lowest BCUT2D eigenvalue weighted by Crippen LogP contribution is -2.61. The molecule has 0 spiro atoms. The van der Waals surface area contributed by atoms with Gasteiger partial charge in [-0.25, -0.2) is 0 Å². The predicted molar refractivity (Wildman–Crippen MR) is 74.6 cm³/mol. The summed E-state index contributed by atoms with van der Waals surface area (Å²) in [5.74, 6) is 0.318. The Kier molecular flexibility index (Phi) is 3.41. The first kappa shape index (κ1) is 13.7. The molecule has 1 heterocycles. The van der Waals surface area contributed by atoms with Crippen LogP contribution in [-0.2, 0) is 11.3 Å². The van der Waals surface area contributed by atoms with Crippen LogP contribution < -0.4 is 5.73 Å². The summed E-state index contributed by atoms with van der Waals surface area (Å²) in [4.78, 5) is 16.0. The minimum atomic E-state index is -0.565. The molecule has 1 amide bonds. The van der Waals surface area contributed by atoms with Crippen molar-refractivity contribution in [1.82, 2.24) is 9.80 Å². The van der Waals surface area contributed by atoms with E-state index in [2.05, 4.69) is 4.90 Å². The minimum Gasteiger partial charge on any atom is -0.508 e. The summed E-state index contributed by atoms with van der Waals surface area (Å²) < 4.78 is 0. The molecule has 2 rings (SSSR count). The van der Waals surface area contributed by atoms with Crippen LogP contribution >= 0.6 is 0 Å². The number of phenolic OH excluding ortho intramolecular Hbond substituents is 1. The van der Waals surface area contributed by atoms with Gasteiger partial charge in [0.1, 0.15) is 5.75 Å². The first-order chi connectivity index (χ1) is 8.82. The van der Waals surface area contributed by atoms with E-state index in [9.17, 15) is 9.90 Å². The summed E-state index contributed by atoms with van der Waals surface area (Å²) >= 11 is 0. The molecule has 0 bridgehead atoms. The Hall–Kier alpha value is -1.75. The van der Waals surface area contributed by atoms with Crippen molar-refractivity contribution < 1.29 is 9.90 Å². The van der Waals surface area contributed by atoms with Gasteiger partial charge in [-0.15, -0.1) is 0 Å². The summed E-state index contributed by atoms with van der Waals surface area (Å²) in [6.45, 7) is 5.82. The predicted octanol–water partition coefficient (Wildman–Crippen LogP) is 1.03. The van der Waals surface area contributed by atoms with E-state index < -0.39 is 5.54 Å². The second-order valence-electron chi connectivity index (χ2n) is 5.60. The van der Waals surface area contributed by atoms with Crippen LogP contribution in [-0.4, -0.2) is 46.5 Å². The molecule has 1 aliphatic heterocycles. The van der Waals surface area contributed by atoms with E-state index >= 15 is 0 Å². The summed E-state index contributed by atoms with van der Waals surface area (Å²) in [6, 6.07) is 5.02. The van der Waals surface area contributed by atoms with Crippen molar-refractivity contribution in [2.45, 2.75) is 25.9 Å². The Balaban J connectivity index is 2.23. The van der Waals surface area contributed by atoms with Crippen LogP contribution in [0.4, 0.5) is 5.69 Å². The van der Waals surface area contributed by atoms with E-state index in [0.29, 0.717) is 18.8 Å². The van der Waals surface area contributed by atoms with Gasteiger partial charge in [-0.2, -0.15) is 0 Å². The van der Waals surface area contributed by atoms with Gasteiger partial charge in [0.05, 0.1) is 5.54 Å². The van der Waals surface area contributed by atoms with Crippen molar-refractivity contribution in [2.24, 2.45) is 0 Å². The van der Waals surface area contributed by atoms with E-state index in [0.717, 1.165) is 12.1 Å². The number of piperazine rings is 1. The smallest absolute Gasteiger partial charge is 0.242 e. The molecule has 0 atom stereocenters. The van der Waals surface area contributed by atoms with Crippen molar-refractivity contribution >= 4 is 11.6 Å². The number of likely N-dealkylation sites (N-methyl/N-ethyl adjacent to an activating group) is 1. The molecule has 0 saturated carbocycles. The SMILES string of the molecule is CN1CCN(Cc2cc(N)ccc2O)C(C)(C)C1=O. The molecule has 1 aromatic rings. The molecule has 5 nitrogen and oxygen atoms in total. The maximum Gasteiger partial charge on any atom is 0.242 e. The van der Waals surface area contributed by atoms with E-state index in [1.165, 1.54) is 0 Å². The number of nitrogens with two attached hydrogens (primary N) is 1. The normalized spacial score (nSPS) is 19.7. The zero-order valence-electron chi connectivity index (χ0n) is 11.7. The number of carbonyl (C=O) groups is 1. The van der Waals surface area contributed by atoms with Gasteiger partial charge >= 0.3 is 0 Å². The molecule has 104 valence electrons. The number of amides is 1. The number of phenols is 1. The van der Waals surface area contributed by atoms with Gasteiger partial charge in [0.2, 0.25) is 5.91 Å². The van der Waals surface area contributed by atoms with Crippen LogP contribution in [0.25, 0.3) is 0 Å². The highest BCUT2D eigenvalue weighted by Gasteiger charge is 2.40. The lowest BCUT2D eigenvalue weighted by molar-refractivity contribution is -0.147. The van der Waals surface area contributed by atoms with E-state index in [1.807, 2.05) is 20.9 Å². The summed E-state index contributed by atoms with van der Waals surface area (Å²) in [7, 11) is 1.82. The Bertz CT molecular complexity index is 499. The van der Waals surface area contributed by atoms with Crippen molar-refractivity contribution in [3.05, 3.63) is 23.8 Å². The van der Waals surface area contributed by atoms with Crippen LogP contribution in [0.3, 0.4) is 0 Å². The average molecular weight is 263 g/mol. The molecule has 1 aliphatic rings. The highest BCUT2D eigenvalue weighted by Crippen LogP contribution is 2.27. The lowest BCUT2D eigenvalue weighted by Gasteiger charge is -2.44. The van der Waals surface area contributed by atoms with Gasteiger partial charge in [0, 0.05) is 37.9 Å². The third-order valence-electron chi connectivity index (χ3n) is 3.83. The van der Waals surface area contributed by atoms with Crippen LogP contribution in [0, 0.1) is 0 Å². The molecule has 5 heteroatoms. The second-order valence-corrected chi connectivity index (χ2v) is 5.60. The first-order valence-corrected chi connectivity index (χ1v) is 6.40. The van der Waals surface area contributed by atoms with Gasteiger partial charge in [-0.1, -0.05) is 0 Å². The van der Waals surface area contributed by atoms with Gasteiger partial charge < -0.3 is 15.7 Å². The maximum atomic E-state index is 12.2. The summed E-state index contributed by atoms with van der Waals surface area (Å²) in [5.41, 5.74) is 6.55. The summed E-state index contributed by atoms with van der Waals surface area (Å²) in [6.07, 6.45) is 0. The van der Waals surface area contributed by atoms with Crippen molar-refractivity contribution in [3.8, 4) is 5.75 Å². The average Bonchev–Trinajstić information content (AvgIpc) is 2.35. The Labute approximate surface area is 113 Å². The number of rotatable bonds is 2. The molecule has 3 N–H and O–H groups in total. The lowest BCUT2D eigenvalue weighted by atomic mass is 9.96. The number of aromatic hydroxyl groups is 1. The fourth-order valence-corrected chi connectivity index (χ4v) is 2.47. The van der Waals surface area contributed by atoms with Gasteiger partial charge in [-0.05, 0) is 32.0 Å². The first-order valence-electron chi connectivity index (χ1n) is 6.40. The van der Waals surface area contributed by atoms with Crippen LogP contribution in [0.5, 0.6) is 5.75 Å². The van der Waals surface area contributed by atoms with E-state index in [4.69, 9.17) is 5.73 Å². The second kappa shape index (κ2) is 4.74. The van der Waals surface area contributed by atoms with Crippen molar-refractivity contribution in [2.75, 3.05) is 25.9 Å². The quantitative estimate of drug-likeness (QED) is 0.617. The van der Waals surface area contributed by atoms with Gasteiger partial charge in [-0.3, -0.25) is 9.69 Å². The van der Waals surface area contributed by atoms with Crippen LogP contribution in [0.1, 0.15) is 19.4 Å². The monoisotopic (exact) mass is 263 g/mol. The molecule has 0 aromatic heterocycles. The molecular weight excluding hydrogens is 242 g/mol. The zero-order valence-corrected chi connectivity index (χ0v) is 11.7. The number of benzene rings is 1. The summed E-state index contributed by atoms with van der Waals surface area (Å²) in [5, 5.41) is 9.88. The molecule has 0 aliphatic carbocycles. The third kappa shape index (κ3) is 2.51. The van der Waals surface area contributed by atoms with Crippen LogP contribution in [0.15, 0.2) is 18.2 Å². The molecule has 1 saturated heterocycles. The third-order valence-corrected chi connectivity index (χ3v) is 3.83. The number of anilines is 1. The fourth-order valence-electron chi connectivity index (χ4n) is 2.47. The topological polar surface area (TPSA) is 69.8 Å². The standard InChI is InChI=1S/C14H21N3O2/c1-14(2)13(19)16(3)6-7-17(14)9-10-8-11(15)4-5-12(10)18/h4-5,8,18H,6-7,9,15H2,1-3H3. The molecule has 0 unspecified atom stereocenters. The molecular formula is C14H21N3O2. The Morgan fingerprint density at radius 1 is 1.37 bits per heavy atom. The molecule has 19 heavy (non-hydrogen) atoms. The molecule has 1 aromatic carbocycles. The fraction of sp³-hybridized carbons (Fsp3) is 0.500. The Morgan fingerprint density at radius 2 is 2.05 bits per heavy atom. The van der Waals surface area contributed by atoms with E-state index in [1.54, 1.807) is 23.1 Å². The molecule has 0 radical (unpaired) electrons. The highest BCUT2D eigenvalue weighted by molar-refractivity contribution is 5.86. The number of nitrogen functional groups attached to an aromatic ring is 1. The Morgan fingerprint density at radius 3 is 2.74 bits per heavy atom. The van der Waals surface area contributed by atoms with Crippen molar-refractivity contribution in [3.63, 3.8) is 0 Å². The van der Waals surface area contributed by atoms with E-state index in [-0.39, 0.29) is 11.7 Å². The number of nitrogens with zero attached hydrogens (tertiary/aromatic N) is 2. The number of hydrogen-bond donors (Lipinski definition) is 2. The zero-order chi connectivity index (χ0) is 14.2. The maximum absolute atomic E-state index is 12.2. The molecule has 1 fully saturated rings. The minimum absolute atomic E-state index is 0.0992. The van der Waals surface area contributed by atoms with Gasteiger partial charge in [0.15, 0.2) is 0 Å². The largest absolute Gasteiger partial charge is 0.508 e. The van der Waals surface area contributed by atoms with Crippen molar-refractivity contribution in [1.29, 1.82) is 0 Å². The highest BCUT2D eigenvalue weighted by atomic mass is 16.3.